The molecule has 124 valence electrons. The summed E-state index contributed by atoms with van der Waals surface area (Å²) in [7, 11) is 0. The number of hydrogen-bond donors (Lipinski definition) is 1. The summed E-state index contributed by atoms with van der Waals surface area (Å²) < 4.78 is 5.52. The maximum Gasteiger partial charge on any atom is 0.0900 e. The molecule has 0 aromatic heterocycles. The van der Waals surface area contributed by atoms with Gasteiger partial charge in [-0.3, -0.25) is 4.90 Å². The van der Waals surface area contributed by atoms with Gasteiger partial charge in [-0.2, -0.15) is 0 Å². The van der Waals surface area contributed by atoms with Crippen LogP contribution in [0.3, 0.4) is 0 Å². The summed E-state index contributed by atoms with van der Waals surface area (Å²) in [6.07, 6.45) is 2.27. The first-order valence-corrected chi connectivity index (χ1v) is 8.58. The zero-order valence-corrected chi connectivity index (χ0v) is 14.5. The van der Waals surface area contributed by atoms with Crippen LogP contribution in [0.5, 0.6) is 0 Å². The van der Waals surface area contributed by atoms with Gasteiger partial charge in [0.05, 0.1) is 18.8 Å². The van der Waals surface area contributed by atoms with E-state index in [9.17, 15) is 5.11 Å². The number of aliphatic hydroxyl groups is 1. The van der Waals surface area contributed by atoms with Crippen LogP contribution < -0.4 is 0 Å². The molecule has 1 fully saturated rings. The van der Waals surface area contributed by atoms with E-state index in [0.29, 0.717) is 25.1 Å². The van der Waals surface area contributed by atoms with Crippen molar-refractivity contribution >= 4 is 0 Å². The SMILES string of the molecule is CC(C)OCC(O)CN(Cc1ccc(C(C)C)cc1)C1CC1. The van der Waals surface area contributed by atoms with E-state index >= 15 is 0 Å². The maximum atomic E-state index is 10.2. The van der Waals surface area contributed by atoms with Gasteiger partial charge >= 0.3 is 0 Å². The van der Waals surface area contributed by atoms with Crippen LogP contribution in [-0.2, 0) is 11.3 Å². The molecule has 0 saturated heterocycles. The summed E-state index contributed by atoms with van der Waals surface area (Å²) in [6.45, 7) is 10.5. The molecule has 1 aromatic carbocycles. The molecule has 1 atom stereocenters. The topological polar surface area (TPSA) is 32.7 Å². The first-order chi connectivity index (χ1) is 10.5. The monoisotopic (exact) mass is 305 g/mol. The van der Waals surface area contributed by atoms with Gasteiger partial charge in [0, 0.05) is 19.1 Å². The number of benzene rings is 1. The minimum absolute atomic E-state index is 0.174. The van der Waals surface area contributed by atoms with Gasteiger partial charge in [-0.1, -0.05) is 38.1 Å². The van der Waals surface area contributed by atoms with Crippen molar-refractivity contribution < 1.29 is 9.84 Å². The zero-order chi connectivity index (χ0) is 16.1. The predicted octanol–water partition coefficient (Wildman–Crippen LogP) is 3.56. The minimum atomic E-state index is -0.405. The van der Waals surface area contributed by atoms with Gasteiger partial charge < -0.3 is 9.84 Å². The quantitative estimate of drug-likeness (QED) is 0.757. The van der Waals surface area contributed by atoms with Crippen LogP contribution >= 0.6 is 0 Å². The van der Waals surface area contributed by atoms with Crippen LogP contribution in [0.25, 0.3) is 0 Å². The second kappa shape index (κ2) is 8.09. The molecule has 0 heterocycles. The van der Waals surface area contributed by atoms with Crippen LogP contribution in [-0.4, -0.2) is 41.4 Å². The molecule has 0 bridgehead atoms. The van der Waals surface area contributed by atoms with Crippen LogP contribution in [0, 0.1) is 0 Å². The first-order valence-electron chi connectivity index (χ1n) is 8.58. The number of nitrogens with zero attached hydrogens (tertiary/aromatic N) is 1. The van der Waals surface area contributed by atoms with Crippen molar-refractivity contribution in [2.45, 2.75) is 71.2 Å². The van der Waals surface area contributed by atoms with Gasteiger partial charge in [0.1, 0.15) is 0 Å². The lowest BCUT2D eigenvalue weighted by Gasteiger charge is -2.25. The smallest absolute Gasteiger partial charge is 0.0900 e. The average Bonchev–Trinajstić information content (AvgIpc) is 3.29. The Bertz CT molecular complexity index is 437. The molecule has 0 spiro atoms. The number of rotatable bonds is 9. The highest BCUT2D eigenvalue weighted by atomic mass is 16.5. The Morgan fingerprint density at radius 3 is 2.27 bits per heavy atom. The average molecular weight is 305 g/mol. The molecule has 1 aliphatic carbocycles. The van der Waals surface area contributed by atoms with E-state index in [-0.39, 0.29) is 6.10 Å². The highest BCUT2D eigenvalue weighted by molar-refractivity contribution is 5.24. The van der Waals surface area contributed by atoms with E-state index in [0.717, 1.165) is 6.54 Å². The van der Waals surface area contributed by atoms with E-state index in [2.05, 4.69) is 43.0 Å². The van der Waals surface area contributed by atoms with Gasteiger partial charge in [-0.05, 0) is 43.7 Å². The van der Waals surface area contributed by atoms with Crippen molar-refractivity contribution in [1.29, 1.82) is 0 Å². The Morgan fingerprint density at radius 1 is 1.14 bits per heavy atom. The minimum Gasteiger partial charge on any atom is -0.389 e. The Labute approximate surface area is 135 Å². The Balaban J connectivity index is 1.88. The summed E-state index contributed by atoms with van der Waals surface area (Å²) in [5.74, 6) is 0.573. The van der Waals surface area contributed by atoms with Crippen molar-refractivity contribution in [3.8, 4) is 0 Å². The standard InChI is InChI=1S/C19H31NO2/c1-14(2)17-7-5-16(6-8-17)11-20(18-9-10-18)12-19(21)13-22-15(3)4/h5-8,14-15,18-19,21H,9-13H2,1-4H3. The van der Waals surface area contributed by atoms with Crippen molar-refractivity contribution in [1.82, 2.24) is 4.90 Å². The van der Waals surface area contributed by atoms with Crippen LogP contribution in [0.4, 0.5) is 0 Å². The molecule has 1 aromatic rings. The molecular weight excluding hydrogens is 274 g/mol. The number of aliphatic hydroxyl groups excluding tert-OH is 1. The maximum absolute atomic E-state index is 10.2. The van der Waals surface area contributed by atoms with Gasteiger partial charge in [-0.25, -0.2) is 0 Å². The molecule has 0 amide bonds. The van der Waals surface area contributed by atoms with E-state index in [4.69, 9.17) is 4.74 Å². The Kier molecular flexibility index (Phi) is 6.42. The van der Waals surface area contributed by atoms with E-state index < -0.39 is 6.10 Å². The van der Waals surface area contributed by atoms with Crippen molar-refractivity contribution in [3.05, 3.63) is 35.4 Å². The molecule has 2 rings (SSSR count). The number of hydrogen-bond acceptors (Lipinski definition) is 3. The molecule has 1 unspecified atom stereocenters. The van der Waals surface area contributed by atoms with Crippen LogP contribution in [0.2, 0.25) is 0 Å². The Hall–Kier alpha value is -0.900. The van der Waals surface area contributed by atoms with E-state index in [1.807, 2.05) is 13.8 Å². The molecule has 1 aliphatic rings. The third kappa shape index (κ3) is 5.71. The Morgan fingerprint density at radius 2 is 1.77 bits per heavy atom. The molecule has 3 nitrogen and oxygen atoms in total. The van der Waals surface area contributed by atoms with Crippen LogP contribution in [0.15, 0.2) is 24.3 Å². The van der Waals surface area contributed by atoms with Gasteiger partial charge in [0.15, 0.2) is 0 Å². The molecule has 3 heteroatoms. The fraction of sp³-hybridized carbons (Fsp3) is 0.684. The lowest BCUT2D eigenvalue weighted by Crippen LogP contribution is -2.36. The lowest BCUT2D eigenvalue weighted by atomic mass is 10.0. The summed E-state index contributed by atoms with van der Waals surface area (Å²) in [5.41, 5.74) is 2.71. The molecule has 22 heavy (non-hydrogen) atoms. The summed E-state index contributed by atoms with van der Waals surface area (Å²) >= 11 is 0. The van der Waals surface area contributed by atoms with Crippen molar-refractivity contribution in [2.75, 3.05) is 13.2 Å². The largest absolute Gasteiger partial charge is 0.389 e. The predicted molar refractivity (Wildman–Crippen MR) is 91.1 cm³/mol. The van der Waals surface area contributed by atoms with Crippen LogP contribution in [0.1, 0.15) is 57.6 Å². The van der Waals surface area contributed by atoms with Gasteiger partial charge in [0.25, 0.3) is 0 Å². The summed E-state index contributed by atoms with van der Waals surface area (Å²) in [6, 6.07) is 9.54. The normalized spacial score (nSPS) is 16.7. The summed E-state index contributed by atoms with van der Waals surface area (Å²) in [4.78, 5) is 2.40. The van der Waals surface area contributed by atoms with Crippen molar-refractivity contribution in [2.24, 2.45) is 0 Å². The molecule has 0 aliphatic heterocycles. The third-order valence-electron chi connectivity index (χ3n) is 4.16. The third-order valence-corrected chi connectivity index (χ3v) is 4.16. The lowest BCUT2D eigenvalue weighted by molar-refractivity contribution is -0.0107. The summed E-state index contributed by atoms with van der Waals surface area (Å²) in [5, 5.41) is 10.2. The number of ether oxygens (including phenoxy) is 1. The molecular formula is C19H31NO2. The fourth-order valence-electron chi connectivity index (χ4n) is 2.65. The van der Waals surface area contributed by atoms with Gasteiger partial charge in [-0.15, -0.1) is 0 Å². The molecule has 1 saturated carbocycles. The van der Waals surface area contributed by atoms with E-state index in [1.54, 1.807) is 0 Å². The second-order valence-corrected chi connectivity index (χ2v) is 7.09. The first kappa shape index (κ1) is 17.5. The van der Waals surface area contributed by atoms with Gasteiger partial charge in [0.2, 0.25) is 0 Å². The highest BCUT2D eigenvalue weighted by Gasteiger charge is 2.30. The molecule has 1 N–H and O–H groups in total. The van der Waals surface area contributed by atoms with E-state index in [1.165, 1.54) is 24.0 Å². The second-order valence-electron chi connectivity index (χ2n) is 7.09. The fourth-order valence-corrected chi connectivity index (χ4v) is 2.65. The van der Waals surface area contributed by atoms with Crippen molar-refractivity contribution in [3.63, 3.8) is 0 Å². The zero-order valence-electron chi connectivity index (χ0n) is 14.5. The highest BCUT2D eigenvalue weighted by Crippen LogP contribution is 2.28. The molecule has 0 radical (unpaired) electrons.